The van der Waals surface area contributed by atoms with Crippen LogP contribution in [0.2, 0.25) is 0 Å². The molecule has 24 heavy (non-hydrogen) atoms. The Hall–Kier alpha value is -3.13. The average molecular weight is 338 g/mol. The lowest BCUT2D eigenvalue weighted by Gasteiger charge is -2.11. The van der Waals surface area contributed by atoms with Gasteiger partial charge in [-0.25, -0.2) is 9.97 Å². The van der Waals surface area contributed by atoms with Crippen LogP contribution in [0.3, 0.4) is 0 Å². The van der Waals surface area contributed by atoms with Gasteiger partial charge in [0.2, 0.25) is 0 Å². The predicted molar refractivity (Wildman–Crippen MR) is 92.3 cm³/mol. The summed E-state index contributed by atoms with van der Waals surface area (Å²) in [6.07, 6.45) is 2.93. The number of rotatable bonds is 5. The van der Waals surface area contributed by atoms with Crippen LogP contribution in [0.25, 0.3) is 0 Å². The standard InChI is InChI=1S/C16H14N6OS/c17-13-14(21-22-15(23)12-8-4-5-9-18-12)19-10-20-16(13)24-11-6-2-1-3-7-11/h1-10H,17H2,(H,22,23)(H,19,20,21). The van der Waals surface area contributed by atoms with Gasteiger partial charge in [-0.2, -0.15) is 0 Å². The second-order valence-electron chi connectivity index (χ2n) is 4.65. The zero-order valence-electron chi connectivity index (χ0n) is 12.5. The fourth-order valence-electron chi connectivity index (χ4n) is 1.84. The number of nitrogens with two attached hydrogens (primary N) is 1. The van der Waals surface area contributed by atoms with Gasteiger partial charge in [-0.3, -0.25) is 20.6 Å². The van der Waals surface area contributed by atoms with Crippen LogP contribution >= 0.6 is 11.8 Å². The smallest absolute Gasteiger partial charge is 0.288 e. The molecule has 0 saturated carbocycles. The number of hydrogen-bond donors (Lipinski definition) is 3. The normalized spacial score (nSPS) is 10.2. The summed E-state index contributed by atoms with van der Waals surface area (Å²) in [5.74, 6) is -0.0569. The van der Waals surface area contributed by atoms with Crippen LogP contribution in [0.15, 0.2) is 71.0 Å². The summed E-state index contributed by atoms with van der Waals surface area (Å²) in [5, 5.41) is 0.603. The van der Waals surface area contributed by atoms with Crippen LogP contribution < -0.4 is 16.6 Å². The van der Waals surface area contributed by atoms with Crippen molar-refractivity contribution < 1.29 is 4.79 Å². The van der Waals surface area contributed by atoms with E-state index in [2.05, 4.69) is 25.8 Å². The molecule has 0 radical (unpaired) electrons. The number of hydrazine groups is 1. The number of nitrogens with one attached hydrogen (secondary N) is 2. The first kappa shape index (κ1) is 15.8. The minimum absolute atomic E-state index is 0.288. The Labute approximate surface area is 142 Å². The minimum atomic E-state index is -0.383. The third-order valence-electron chi connectivity index (χ3n) is 3.00. The molecule has 0 saturated heterocycles. The molecule has 7 nitrogen and oxygen atoms in total. The summed E-state index contributed by atoms with van der Waals surface area (Å²) in [4.78, 5) is 25.2. The lowest BCUT2D eigenvalue weighted by Crippen LogP contribution is -2.31. The van der Waals surface area contributed by atoms with E-state index in [4.69, 9.17) is 5.73 Å². The van der Waals surface area contributed by atoms with E-state index in [9.17, 15) is 4.79 Å². The Morgan fingerprint density at radius 3 is 2.54 bits per heavy atom. The van der Waals surface area contributed by atoms with E-state index in [1.165, 1.54) is 18.1 Å². The van der Waals surface area contributed by atoms with Gasteiger partial charge in [0.1, 0.15) is 22.7 Å². The molecule has 0 bridgehead atoms. The molecule has 3 rings (SSSR count). The number of anilines is 2. The first-order valence-corrected chi connectivity index (χ1v) is 7.86. The van der Waals surface area contributed by atoms with Crippen molar-refractivity contribution in [1.29, 1.82) is 0 Å². The second-order valence-corrected chi connectivity index (χ2v) is 5.71. The van der Waals surface area contributed by atoms with Crippen LogP contribution in [-0.2, 0) is 0 Å². The van der Waals surface area contributed by atoms with Crippen LogP contribution in [0, 0.1) is 0 Å². The number of amides is 1. The molecule has 0 aliphatic rings. The fraction of sp³-hybridized carbons (Fsp3) is 0. The first-order valence-electron chi connectivity index (χ1n) is 7.05. The molecule has 0 aliphatic heterocycles. The van der Waals surface area contributed by atoms with Gasteiger partial charge in [-0.1, -0.05) is 36.0 Å². The zero-order chi connectivity index (χ0) is 16.8. The summed E-state index contributed by atoms with van der Waals surface area (Å²) >= 11 is 1.42. The van der Waals surface area contributed by atoms with Gasteiger partial charge in [0, 0.05) is 11.1 Å². The molecule has 0 atom stereocenters. The van der Waals surface area contributed by atoms with Gasteiger partial charge in [-0.15, -0.1) is 0 Å². The lowest BCUT2D eigenvalue weighted by molar-refractivity contribution is 0.0957. The SMILES string of the molecule is Nc1c(NNC(=O)c2ccccn2)ncnc1Sc1ccccc1. The molecule has 0 fully saturated rings. The molecule has 8 heteroatoms. The zero-order valence-corrected chi connectivity index (χ0v) is 13.3. The van der Waals surface area contributed by atoms with Crippen LogP contribution in [0.4, 0.5) is 11.5 Å². The van der Waals surface area contributed by atoms with E-state index in [-0.39, 0.29) is 11.6 Å². The van der Waals surface area contributed by atoms with Crippen molar-refractivity contribution in [3.63, 3.8) is 0 Å². The highest BCUT2D eigenvalue weighted by molar-refractivity contribution is 7.99. The van der Waals surface area contributed by atoms with E-state index in [1.54, 1.807) is 24.4 Å². The molecule has 2 heterocycles. The maximum Gasteiger partial charge on any atom is 0.288 e. The molecular formula is C16H14N6OS. The first-order chi connectivity index (χ1) is 11.7. The molecule has 4 N–H and O–H groups in total. The van der Waals surface area contributed by atoms with Gasteiger partial charge in [0.15, 0.2) is 5.82 Å². The third kappa shape index (κ3) is 3.79. The van der Waals surface area contributed by atoms with Gasteiger partial charge < -0.3 is 5.73 Å². The highest BCUT2D eigenvalue weighted by atomic mass is 32.2. The van der Waals surface area contributed by atoms with Crippen molar-refractivity contribution in [2.24, 2.45) is 0 Å². The number of benzene rings is 1. The molecule has 0 spiro atoms. The van der Waals surface area contributed by atoms with Crippen molar-refractivity contribution in [2.45, 2.75) is 9.92 Å². The summed E-state index contributed by atoms with van der Waals surface area (Å²) in [6, 6.07) is 14.8. The van der Waals surface area contributed by atoms with E-state index < -0.39 is 0 Å². The minimum Gasteiger partial charge on any atom is -0.393 e. The molecular weight excluding hydrogens is 324 g/mol. The number of carbonyl (C=O) groups is 1. The Bertz CT molecular complexity index is 828. The molecule has 1 amide bonds. The molecule has 0 aliphatic carbocycles. The number of nitrogen functional groups attached to an aromatic ring is 1. The van der Waals surface area contributed by atoms with Gasteiger partial charge in [0.25, 0.3) is 5.91 Å². The number of hydrogen-bond acceptors (Lipinski definition) is 7. The van der Waals surface area contributed by atoms with Crippen molar-refractivity contribution >= 4 is 29.2 Å². The Kier molecular flexibility index (Phi) is 4.87. The monoisotopic (exact) mass is 338 g/mol. The van der Waals surface area contributed by atoms with Gasteiger partial charge >= 0.3 is 0 Å². The molecule has 2 aromatic heterocycles. The topological polar surface area (TPSA) is 106 Å². The predicted octanol–water partition coefficient (Wildman–Crippen LogP) is 2.36. The number of aromatic nitrogens is 3. The largest absolute Gasteiger partial charge is 0.393 e. The molecule has 0 unspecified atom stereocenters. The number of pyridine rings is 1. The number of nitrogens with zero attached hydrogens (tertiary/aromatic N) is 3. The van der Waals surface area contributed by atoms with Crippen LogP contribution in [-0.4, -0.2) is 20.9 Å². The summed E-state index contributed by atoms with van der Waals surface area (Å²) in [6.45, 7) is 0. The molecule has 3 aromatic rings. The molecule has 120 valence electrons. The summed E-state index contributed by atoms with van der Waals surface area (Å²) in [7, 11) is 0. The third-order valence-corrected chi connectivity index (χ3v) is 4.02. The van der Waals surface area contributed by atoms with Gasteiger partial charge in [0.05, 0.1) is 0 Å². The van der Waals surface area contributed by atoms with Crippen molar-refractivity contribution in [2.75, 3.05) is 11.2 Å². The second kappa shape index (κ2) is 7.42. The van der Waals surface area contributed by atoms with E-state index in [1.807, 2.05) is 30.3 Å². The van der Waals surface area contributed by atoms with Gasteiger partial charge in [-0.05, 0) is 24.3 Å². The summed E-state index contributed by atoms with van der Waals surface area (Å²) in [5.41, 5.74) is 11.9. The lowest BCUT2D eigenvalue weighted by atomic mass is 10.3. The van der Waals surface area contributed by atoms with E-state index in [0.29, 0.717) is 16.5 Å². The Balaban J connectivity index is 1.70. The van der Waals surface area contributed by atoms with Crippen LogP contribution in [0.1, 0.15) is 10.5 Å². The molecule has 1 aromatic carbocycles. The maximum atomic E-state index is 12.0. The van der Waals surface area contributed by atoms with Crippen molar-refractivity contribution in [3.05, 3.63) is 66.7 Å². The Morgan fingerprint density at radius 2 is 1.79 bits per heavy atom. The number of carbonyl (C=O) groups excluding carboxylic acids is 1. The Morgan fingerprint density at radius 1 is 1.00 bits per heavy atom. The van der Waals surface area contributed by atoms with Crippen molar-refractivity contribution in [1.82, 2.24) is 20.4 Å². The quantitative estimate of drug-likeness (QED) is 0.484. The highest BCUT2D eigenvalue weighted by Crippen LogP contribution is 2.32. The van der Waals surface area contributed by atoms with E-state index in [0.717, 1.165) is 4.90 Å². The van der Waals surface area contributed by atoms with E-state index >= 15 is 0 Å². The highest BCUT2D eigenvalue weighted by Gasteiger charge is 2.11. The average Bonchev–Trinajstić information content (AvgIpc) is 2.64. The van der Waals surface area contributed by atoms with Crippen molar-refractivity contribution in [3.8, 4) is 0 Å². The maximum absolute atomic E-state index is 12.0. The summed E-state index contributed by atoms with van der Waals surface area (Å²) < 4.78 is 0. The fourth-order valence-corrected chi connectivity index (χ4v) is 2.66. The van der Waals surface area contributed by atoms with Crippen LogP contribution in [0.5, 0.6) is 0 Å².